The van der Waals surface area contributed by atoms with Crippen molar-refractivity contribution in [3.8, 4) is 11.3 Å². The van der Waals surface area contributed by atoms with Crippen LogP contribution in [0.3, 0.4) is 0 Å². The molecule has 0 unspecified atom stereocenters. The van der Waals surface area contributed by atoms with Crippen LogP contribution >= 0.6 is 39.0 Å². The molecule has 5 atom stereocenters. The summed E-state index contributed by atoms with van der Waals surface area (Å²) >= 11 is 6.05. The van der Waals surface area contributed by atoms with Gasteiger partial charge in [-0.2, -0.15) is 0 Å². The Kier molecular flexibility index (Phi) is 8.42. The van der Waals surface area contributed by atoms with E-state index in [1.54, 1.807) is 24.1 Å². The molecule has 1 fully saturated rings. The molecule has 1 aromatic carbocycles. The second-order valence-corrected chi connectivity index (χ2v) is 11.3. The molecule has 5 rings (SSSR count). The van der Waals surface area contributed by atoms with Gasteiger partial charge in [0.2, 0.25) is 0 Å². The molecule has 9 nitrogen and oxygen atoms in total. The fraction of sp³-hybridized carbons (Fsp3) is 0.304. The van der Waals surface area contributed by atoms with Gasteiger partial charge in [0.05, 0.1) is 29.8 Å². The van der Waals surface area contributed by atoms with E-state index < -0.39 is 53.8 Å². The van der Waals surface area contributed by atoms with Gasteiger partial charge in [-0.3, -0.25) is 9.97 Å². The van der Waals surface area contributed by atoms with Crippen LogP contribution in [0.15, 0.2) is 57.9 Å². The summed E-state index contributed by atoms with van der Waals surface area (Å²) in [6.07, 6.45) is 3.15. The van der Waals surface area contributed by atoms with Gasteiger partial charge in [0.1, 0.15) is 35.5 Å². The third-order valence-electron chi connectivity index (χ3n) is 5.75. The molecule has 0 radical (unpaired) electrons. The van der Waals surface area contributed by atoms with Crippen LogP contribution < -0.4 is 0 Å². The highest BCUT2D eigenvalue weighted by atomic mass is 79.9. The zero-order chi connectivity index (χ0) is 26.8. The molecule has 200 valence electrons. The lowest BCUT2D eigenvalue weighted by molar-refractivity contribution is -0.195. The second kappa shape index (κ2) is 11.8. The standard InChI is InChI=1S/C23H19BrF3N5O4S2/c24-12-3-13(5-28-4-12)38-23-22(35-9-14-6-29-10-37-14)20(21(34)18(8-33)36-23)32-7-17(30-31-32)11-1-15(25)19(27)16(26)2-11/h1-7,10,18,20-23,33-34H,8-9H2/t18-,20+,21+,22-,23-/m1/s1. The van der Waals surface area contributed by atoms with Crippen LogP contribution in [0.4, 0.5) is 13.2 Å². The van der Waals surface area contributed by atoms with Gasteiger partial charge in [0.15, 0.2) is 17.5 Å². The minimum Gasteiger partial charge on any atom is -0.394 e. The fourth-order valence-electron chi connectivity index (χ4n) is 3.98. The van der Waals surface area contributed by atoms with Crippen molar-refractivity contribution in [1.29, 1.82) is 0 Å². The van der Waals surface area contributed by atoms with E-state index in [4.69, 9.17) is 9.47 Å². The molecular formula is C23H19BrF3N5O4S2. The molecule has 38 heavy (non-hydrogen) atoms. The number of thiazole rings is 1. The van der Waals surface area contributed by atoms with E-state index in [0.717, 1.165) is 26.4 Å². The number of aliphatic hydroxyl groups is 2. The van der Waals surface area contributed by atoms with E-state index in [-0.39, 0.29) is 17.9 Å². The lowest BCUT2D eigenvalue weighted by Gasteiger charge is -2.43. The van der Waals surface area contributed by atoms with E-state index >= 15 is 0 Å². The third-order valence-corrected chi connectivity index (χ3v) is 8.05. The molecular weight excluding hydrogens is 611 g/mol. The number of aliphatic hydroxyl groups excluding tert-OH is 2. The molecule has 0 bridgehead atoms. The van der Waals surface area contributed by atoms with Crippen molar-refractivity contribution in [2.45, 2.75) is 41.3 Å². The van der Waals surface area contributed by atoms with Gasteiger partial charge < -0.3 is 19.7 Å². The maximum absolute atomic E-state index is 13.8. The van der Waals surface area contributed by atoms with Crippen molar-refractivity contribution in [3.05, 3.63) is 75.3 Å². The maximum Gasteiger partial charge on any atom is 0.194 e. The molecule has 1 aliphatic rings. The molecule has 0 saturated carbocycles. The summed E-state index contributed by atoms with van der Waals surface area (Å²) in [5.74, 6) is -4.33. The Morgan fingerprint density at radius 3 is 2.61 bits per heavy atom. The van der Waals surface area contributed by atoms with Gasteiger partial charge in [0.25, 0.3) is 0 Å². The van der Waals surface area contributed by atoms with Gasteiger partial charge in [0, 0.05) is 33.5 Å². The first-order chi connectivity index (χ1) is 18.3. The van der Waals surface area contributed by atoms with Gasteiger partial charge >= 0.3 is 0 Å². The molecule has 0 aliphatic carbocycles. The molecule has 4 heterocycles. The number of pyridine rings is 1. The molecule has 4 aromatic rings. The Morgan fingerprint density at radius 1 is 1.13 bits per heavy atom. The summed E-state index contributed by atoms with van der Waals surface area (Å²) in [7, 11) is 0. The minimum absolute atomic E-state index is 0.0406. The Labute approximate surface area is 230 Å². The summed E-state index contributed by atoms with van der Waals surface area (Å²) in [6.45, 7) is -0.349. The topological polar surface area (TPSA) is 115 Å². The van der Waals surface area contributed by atoms with Crippen LogP contribution in [0.25, 0.3) is 11.3 Å². The Bertz CT molecular complexity index is 1380. The largest absolute Gasteiger partial charge is 0.394 e. The van der Waals surface area contributed by atoms with Crippen LogP contribution in [0.5, 0.6) is 0 Å². The normalized spacial score (nSPS) is 23.6. The molecule has 0 spiro atoms. The summed E-state index contributed by atoms with van der Waals surface area (Å²) in [5, 5.41) is 29.2. The highest BCUT2D eigenvalue weighted by molar-refractivity contribution is 9.10. The number of thioether (sulfide) groups is 1. The monoisotopic (exact) mass is 629 g/mol. The van der Waals surface area contributed by atoms with E-state index in [1.807, 2.05) is 6.07 Å². The van der Waals surface area contributed by atoms with Crippen molar-refractivity contribution in [2.75, 3.05) is 6.61 Å². The zero-order valence-corrected chi connectivity index (χ0v) is 22.4. The van der Waals surface area contributed by atoms with Crippen molar-refractivity contribution in [3.63, 3.8) is 0 Å². The molecule has 1 saturated heterocycles. The van der Waals surface area contributed by atoms with Crippen molar-refractivity contribution >= 4 is 39.0 Å². The van der Waals surface area contributed by atoms with Crippen molar-refractivity contribution < 1.29 is 32.9 Å². The number of halogens is 4. The average molecular weight is 630 g/mol. The number of rotatable bonds is 8. The Morgan fingerprint density at radius 2 is 1.92 bits per heavy atom. The molecule has 15 heteroatoms. The maximum atomic E-state index is 13.8. The number of benzene rings is 1. The van der Waals surface area contributed by atoms with Gasteiger partial charge in [-0.1, -0.05) is 17.0 Å². The highest BCUT2D eigenvalue weighted by Gasteiger charge is 2.48. The average Bonchev–Trinajstić information content (AvgIpc) is 3.59. The lowest BCUT2D eigenvalue weighted by atomic mass is 9.97. The first kappa shape index (κ1) is 27.2. The summed E-state index contributed by atoms with van der Waals surface area (Å²) in [4.78, 5) is 9.77. The zero-order valence-electron chi connectivity index (χ0n) is 19.2. The highest BCUT2D eigenvalue weighted by Crippen LogP contribution is 2.40. The van der Waals surface area contributed by atoms with Gasteiger partial charge in [-0.05, 0) is 34.1 Å². The number of ether oxygens (including phenoxy) is 2. The Balaban J connectivity index is 1.51. The van der Waals surface area contributed by atoms with E-state index in [9.17, 15) is 23.4 Å². The summed E-state index contributed by atoms with van der Waals surface area (Å²) in [6, 6.07) is 2.52. The number of hydrogen-bond acceptors (Lipinski definition) is 10. The van der Waals surface area contributed by atoms with Crippen LogP contribution in [-0.2, 0) is 16.1 Å². The van der Waals surface area contributed by atoms with E-state index in [2.05, 4.69) is 36.2 Å². The predicted octanol–water partition coefficient (Wildman–Crippen LogP) is 3.97. The lowest BCUT2D eigenvalue weighted by Crippen LogP contribution is -2.55. The van der Waals surface area contributed by atoms with Gasteiger partial charge in [-0.25, -0.2) is 17.9 Å². The van der Waals surface area contributed by atoms with Crippen LogP contribution in [0.1, 0.15) is 10.9 Å². The Hall–Kier alpha value is -2.40. The van der Waals surface area contributed by atoms with Gasteiger partial charge in [-0.15, -0.1) is 16.4 Å². The molecule has 2 N–H and O–H groups in total. The van der Waals surface area contributed by atoms with Crippen molar-refractivity contribution in [1.82, 2.24) is 25.0 Å². The number of hydrogen-bond donors (Lipinski definition) is 2. The quantitative estimate of drug-likeness (QED) is 0.279. The third kappa shape index (κ3) is 5.78. The summed E-state index contributed by atoms with van der Waals surface area (Å²) in [5.41, 5.74) is 0.927. The summed E-state index contributed by atoms with van der Waals surface area (Å²) < 4.78 is 55.5. The fourth-order valence-corrected chi connectivity index (χ4v) is 6.16. The molecule has 3 aromatic heterocycles. The first-order valence-corrected chi connectivity index (χ1v) is 13.7. The van der Waals surface area contributed by atoms with Crippen LogP contribution in [-0.4, -0.2) is 65.5 Å². The molecule has 1 aliphatic heterocycles. The number of nitrogens with zero attached hydrogens (tertiary/aromatic N) is 5. The van der Waals surface area contributed by atoms with Crippen molar-refractivity contribution in [2.24, 2.45) is 0 Å². The molecule has 0 amide bonds. The SMILES string of the molecule is OC[C@H]1O[C@H](Sc2cncc(Br)c2)[C@H](OCc2cncs2)[C@@H](n2cc(-c3cc(F)c(F)c(F)c3)nn2)[C@H]1O. The first-order valence-electron chi connectivity index (χ1n) is 11.1. The second-order valence-electron chi connectivity index (χ2n) is 8.24. The van der Waals surface area contributed by atoms with Crippen LogP contribution in [0.2, 0.25) is 0 Å². The predicted molar refractivity (Wildman–Crippen MR) is 135 cm³/mol. The number of aromatic nitrogens is 5. The van der Waals surface area contributed by atoms with E-state index in [0.29, 0.717) is 0 Å². The van der Waals surface area contributed by atoms with E-state index in [1.165, 1.54) is 34.0 Å². The smallest absolute Gasteiger partial charge is 0.194 e. The minimum atomic E-state index is -1.59. The van der Waals surface area contributed by atoms with Crippen LogP contribution in [0, 0.1) is 17.5 Å².